The quantitative estimate of drug-likeness (QED) is 0.481. The van der Waals surface area contributed by atoms with Gasteiger partial charge in [0.1, 0.15) is 0 Å². The third-order valence-electron chi connectivity index (χ3n) is 4.11. The van der Waals surface area contributed by atoms with E-state index in [1.165, 1.54) is 0 Å². The normalized spacial score (nSPS) is 15.0. The summed E-state index contributed by atoms with van der Waals surface area (Å²) in [7, 11) is 0. The van der Waals surface area contributed by atoms with Crippen molar-refractivity contribution in [2.75, 3.05) is 11.5 Å². The van der Waals surface area contributed by atoms with Gasteiger partial charge < -0.3 is 0 Å². The van der Waals surface area contributed by atoms with Crippen LogP contribution in [0.1, 0.15) is 23.5 Å². The summed E-state index contributed by atoms with van der Waals surface area (Å²) in [6, 6.07) is 22.0. The number of carbonyl (C=O) groups is 1. The molecule has 26 heavy (non-hydrogen) atoms. The number of allylic oxidation sites excluding steroid dienone is 2. The van der Waals surface area contributed by atoms with E-state index in [9.17, 15) is 10.1 Å². The van der Waals surface area contributed by atoms with Gasteiger partial charge in [0.2, 0.25) is 0 Å². The highest BCUT2D eigenvalue weighted by molar-refractivity contribution is 8.25. The lowest BCUT2D eigenvalue weighted by atomic mass is 9.88. The van der Waals surface area contributed by atoms with Crippen molar-refractivity contribution in [3.8, 4) is 6.07 Å². The number of ketones is 1. The van der Waals surface area contributed by atoms with Gasteiger partial charge in [0, 0.05) is 23.8 Å². The molecule has 1 atom stereocenters. The molecular formula is C22H19NOS2. The third kappa shape index (κ3) is 4.91. The van der Waals surface area contributed by atoms with E-state index in [-0.39, 0.29) is 11.7 Å². The second kappa shape index (κ2) is 9.47. The summed E-state index contributed by atoms with van der Waals surface area (Å²) in [5.41, 5.74) is 2.74. The van der Waals surface area contributed by atoms with Crippen LogP contribution >= 0.6 is 23.5 Å². The molecule has 2 aromatic carbocycles. The van der Waals surface area contributed by atoms with Crippen LogP contribution in [0.25, 0.3) is 6.08 Å². The number of thioether (sulfide) groups is 2. The van der Waals surface area contributed by atoms with Crippen molar-refractivity contribution in [1.29, 1.82) is 5.26 Å². The first-order chi connectivity index (χ1) is 12.8. The minimum Gasteiger partial charge on any atom is -0.295 e. The summed E-state index contributed by atoms with van der Waals surface area (Å²) in [5, 5.41) is 9.78. The average Bonchev–Trinajstić information content (AvgIpc) is 3.22. The van der Waals surface area contributed by atoms with Gasteiger partial charge in [-0.3, -0.25) is 4.79 Å². The van der Waals surface area contributed by atoms with E-state index in [0.717, 1.165) is 32.4 Å². The summed E-state index contributed by atoms with van der Waals surface area (Å²) in [6.45, 7) is 0. The SMILES string of the molecule is N#CC(=C1SCCS1)C(CC(=O)/C=C/c1ccccc1)c1ccccc1. The molecule has 1 aliphatic heterocycles. The largest absolute Gasteiger partial charge is 0.295 e. The Morgan fingerprint density at radius 3 is 2.27 bits per heavy atom. The zero-order chi connectivity index (χ0) is 18.2. The van der Waals surface area contributed by atoms with Gasteiger partial charge in [-0.25, -0.2) is 0 Å². The molecule has 0 aromatic heterocycles. The van der Waals surface area contributed by atoms with Gasteiger partial charge in [-0.15, -0.1) is 23.5 Å². The zero-order valence-corrected chi connectivity index (χ0v) is 15.9. The van der Waals surface area contributed by atoms with Crippen LogP contribution in [-0.4, -0.2) is 17.3 Å². The van der Waals surface area contributed by atoms with Crippen molar-refractivity contribution in [2.45, 2.75) is 12.3 Å². The molecule has 1 aliphatic rings. The van der Waals surface area contributed by atoms with Crippen molar-refractivity contribution in [3.63, 3.8) is 0 Å². The Morgan fingerprint density at radius 1 is 1.04 bits per heavy atom. The molecule has 0 spiro atoms. The molecule has 1 saturated heterocycles. The Morgan fingerprint density at radius 2 is 1.65 bits per heavy atom. The minimum atomic E-state index is -0.192. The molecule has 3 rings (SSSR count). The number of rotatable bonds is 6. The van der Waals surface area contributed by atoms with Crippen molar-refractivity contribution >= 4 is 35.4 Å². The molecule has 0 aliphatic carbocycles. The Labute approximate surface area is 163 Å². The van der Waals surface area contributed by atoms with Crippen LogP contribution in [0.3, 0.4) is 0 Å². The summed E-state index contributed by atoms with van der Waals surface area (Å²) in [5.74, 6) is 1.88. The molecule has 1 unspecified atom stereocenters. The fourth-order valence-electron chi connectivity index (χ4n) is 2.83. The summed E-state index contributed by atoms with van der Waals surface area (Å²) in [6.07, 6.45) is 3.77. The van der Waals surface area contributed by atoms with Crippen LogP contribution in [0.4, 0.5) is 0 Å². The molecular weight excluding hydrogens is 358 g/mol. The van der Waals surface area contributed by atoms with E-state index in [4.69, 9.17) is 0 Å². The van der Waals surface area contributed by atoms with E-state index in [2.05, 4.69) is 6.07 Å². The fourth-order valence-corrected chi connectivity index (χ4v) is 5.38. The second-order valence-electron chi connectivity index (χ2n) is 5.89. The van der Waals surface area contributed by atoms with Crippen LogP contribution in [0.15, 0.2) is 76.5 Å². The molecule has 0 saturated carbocycles. The predicted molar refractivity (Wildman–Crippen MR) is 112 cm³/mol. The lowest BCUT2D eigenvalue weighted by Crippen LogP contribution is -2.08. The molecule has 0 bridgehead atoms. The van der Waals surface area contributed by atoms with Crippen LogP contribution in [0, 0.1) is 11.3 Å². The molecule has 4 heteroatoms. The standard InChI is InChI=1S/C22H19NOS2/c23-16-21(22-25-13-14-26-22)20(18-9-5-2-6-10-18)15-19(24)12-11-17-7-3-1-4-8-17/h1-12,20H,13-15H2/b12-11+. The molecule has 0 amide bonds. The van der Waals surface area contributed by atoms with Crippen LogP contribution < -0.4 is 0 Å². The lowest BCUT2D eigenvalue weighted by molar-refractivity contribution is -0.114. The van der Waals surface area contributed by atoms with Crippen molar-refractivity contribution in [1.82, 2.24) is 0 Å². The first-order valence-electron chi connectivity index (χ1n) is 8.48. The highest BCUT2D eigenvalue weighted by Gasteiger charge is 2.25. The van der Waals surface area contributed by atoms with E-state index in [1.54, 1.807) is 29.6 Å². The van der Waals surface area contributed by atoms with Gasteiger partial charge in [0.05, 0.1) is 15.9 Å². The highest BCUT2D eigenvalue weighted by atomic mass is 32.2. The number of carbonyl (C=O) groups excluding carboxylic acids is 1. The van der Waals surface area contributed by atoms with E-state index >= 15 is 0 Å². The van der Waals surface area contributed by atoms with Gasteiger partial charge in [0.25, 0.3) is 0 Å². The first-order valence-corrected chi connectivity index (χ1v) is 10.5. The van der Waals surface area contributed by atoms with Crippen LogP contribution in [-0.2, 0) is 4.79 Å². The molecule has 1 fully saturated rings. The predicted octanol–water partition coefficient (Wildman–Crippen LogP) is 5.66. The fraction of sp³-hybridized carbons (Fsp3) is 0.182. The number of hydrogen-bond donors (Lipinski definition) is 0. The van der Waals surface area contributed by atoms with E-state index in [1.807, 2.05) is 66.7 Å². The van der Waals surface area contributed by atoms with Gasteiger partial charge >= 0.3 is 0 Å². The molecule has 0 radical (unpaired) electrons. The topological polar surface area (TPSA) is 40.9 Å². The van der Waals surface area contributed by atoms with Crippen molar-refractivity contribution in [3.05, 3.63) is 87.7 Å². The van der Waals surface area contributed by atoms with Crippen LogP contribution in [0.2, 0.25) is 0 Å². The maximum absolute atomic E-state index is 12.6. The number of nitrogens with zero attached hydrogens (tertiary/aromatic N) is 1. The summed E-state index contributed by atoms with van der Waals surface area (Å²) < 4.78 is 1.07. The molecule has 130 valence electrons. The van der Waals surface area contributed by atoms with E-state index < -0.39 is 0 Å². The van der Waals surface area contributed by atoms with Gasteiger partial charge in [-0.1, -0.05) is 66.7 Å². The molecule has 2 nitrogen and oxygen atoms in total. The minimum absolute atomic E-state index is 0.0315. The molecule has 0 N–H and O–H groups in total. The Hall–Kier alpha value is -2.22. The maximum Gasteiger partial charge on any atom is 0.156 e. The third-order valence-corrected chi connectivity index (χ3v) is 6.85. The monoisotopic (exact) mass is 377 g/mol. The summed E-state index contributed by atoms with van der Waals surface area (Å²) in [4.78, 5) is 12.6. The van der Waals surface area contributed by atoms with Crippen molar-refractivity contribution < 1.29 is 4.79 Å². The van der Waals surface area contributed by atoms with Gasteiger partial charge in [-0.2, -0.15) is 5.26 Å². The number of nitriles is 1. The number of benzene rings is 2. The second-order valence-corrected chi connectivity index (χ2v) is 8.36. The average molecular weight is 378 g/mol. The number of hydrogen-bond acceptors (Lipinski definition) is 4. The molecule has 1 heterocycles. The first kappa shape index (κ1) is 18.6. The van der Waals surface area contributed by atoms with Gasteiger partial charge in [0.15, 0.2) is 5.78 Å². The maximum atomic E-state index is 12.6. The smallest absolute Gasteiger partial charge is 0.156 e. The Balaban J connectivity index is 1.85. The van der Waals surface area contributed by atoms with E-state index in [0.29, 0.717) is 6.42 Å². The van der Waals surface area contributed by atoms with Crippen LogP contribution in [0.5, 0.6) is 0 Å². The Bertz CT molecular complexity index is 843. The zero-order valence-electron chi connectivity index (χ0n) is 14.3. The highest BCUT2D eigenvalue weighted by Crippen LogP contribution is 2.43. The lowest BCUT2D eigenvalue weighted by Gasteiger charge is -2.17. The van der Waals surface area contributed by atoms with Gasteiger partial charge in [-0.05, 0) is 17.2 Å². The van der Waals surface area contributed by atoms with Crippen molar-refractivity contribution in [2.24, 2.45) is 0 Å². The molecule has 2 aromatic rings. The summed E-state index contributed by atoms with van der Waals surface area (Å²) >= 11 is 3.45. The Kier molecular flexibility index (Phi) is 6.76.